The van der Waals surface area contributed by atoms with Gasteiger partial charge >= 0.3 is 6.09 Å². The third kappa shape index (κ3) is 2.38. The second kappa shape index (κ2) is 5.06. The Hall–Kier alpha value is -1.61. The molecule has 1 aliphatic rings. The minimum atomic E-state index is -1.14. The fourth-order valence-corrected chi connectivity index (χ4v) is 3.32. The van der Waals surface area contributed by atoms with Crippen LogP contribution in [0, 0.1) is 5.82 Å². The third-order valence-corrected chi connectivity index (χ3v) is 4.21. The van der Waals surface area contributed by atoms with Crippen molar-refractivity contribution in [2.45, 2.75) is 6.10 Å². The van der Waals surface area contributed by atoms with Crippen molar-refractivity contribution in [3.63, 3.8) is 0 Å². The van der Waals surface area contributed by atoms with Crippen molar-refractivity contribution < 1.29 is 23.8 Å². The highest BCUT2D eigenvalue weighted by molar-refractivity contribution is 9.11. The minimum Gasteiger partial charge on any atom is -0.486 e. The van der Waals surface area contributed by atoms with Gasteiger partial charge in [-0.05, 0) is 15.9 Å². The standard InChI is InChI=1S/C11H8BrFN2O4S/c12-10-15-7-5(13)1-6-8(9(7)20-10)19-4(3-18-6)2-14-11(16)17/h1,4,14H,2-3H2,(H,16,17). The van der Waals surface area contributed by atoms with Crippen LogP contribution in [0.15, 0.2) is 9.98 Å². The number of thiazole rings is 1. The molecule has 6 nitrogen and oxygen atoms in total. The van der Waals surface area contributed by atoms with Crippen LogP contribution in [0.2, 0.25) is 0 Å². The average Bonchev–Trinajstić information content (AvgIpc) is 2.79. The van der Waals surface area contributed by atoms with Crippen LogP contribution < -0.4 is 14.8 Å². The average molecular weight is 363 g/mol. The number of hydrogen-bond acceptors (Lipinski definition) is 5. The summed E-state index contributed by atoms with van der Waals surface area (Å²) in [7, 11) is 0. The summed E-state index contributed by atoms with van der Waals surface area (Å²) < 4.78 is 26.0. The van der Waals surface area contributed by atoms with Crippen LogP contribution in [0.4, 0.5) is 9.18 Å². The van der Waals surface area contributed by atoms with Crippen LogP contribution in [0.25, 0.3) is 10.2 Å². The van der Waals surface area contributed by atoms with Gasteiger partial charge in [0.25, 0.3) is 0 Å². The normalized spacial score (nSPS) is 17.2. The zero-order valence-corrected chi connectivity index (χ0v) is 12.3. The van der Waals surface area contributed by atoms with E-state index in [4.69, 9.17) is 14.6 Å². The molecule has 1 aromatic carbocycles. The second-order valence-corrected chi connectivity index (χ2v) is 6.34. The molecule has 1 aliphatic heterocycles. The lowest BCUT2D eigenvalue weighted by Gasteiger charge is -2.26. The van der Waals surface area contributed by atoms with Gasteiger partial charge in [-0.25, -0.2) is 14.2 Å². The zero-order chi connectivity index (χ0) is 14.3. The van der Waals surface area contributed by atoms with Crippen LogP contribution in [-0.4, -0.2) is 35.4 Å². The SMILES string of the molecule is O=C(O)NCC1COc2cc(F)c3nc(Br)sc3c2O1. The fraction of sp³-hybridized carbons (Fsp3) is 0.273. The van der Waals surface area contributed by atoms with Crippen molar-refractivity contribution in [1.82, 2.24) is 10.3 Å². The maximum Gasteiger partial charge on any atom is 0.404 e. The molecule has 0 bridgehead atoms. The first-order valence-electron chi connectivity index (χ1n) is 5.59. The summed E-state index contributed by atoms with van der Waals surface area (Å²) in [5.41, 5.74) is 0.205. The van der Waals surface area contributed by atoms with Crippen molar-refractivity contribution in [3.05, 3.63) is 15.8 Å². The maximum atomic E-state index is 13.8. The summed E-state index contributed by atoms with van der Waals surface area (Å²) in [6.07, 6.45) is -1.60. The highest BCUT2D eigenvalue weighted by atomic mass is 79.9. The van der Waals surface area contributed by atoms with Crippen LogP contribution in [0.1, 0.15) is 0 Å². The molecular formula is C11H8BrFN2O4S. The van der Waals surface area contributed by atoms with E-state index in [9.17, 15) is 9.18 Å². The molecule has 1 atom stereocenters. The molecule has 0 saturated carbocycles. The molecule has 20 heavy (non-hydrogen) atoms. The lowest BCUT2D eigenvalue weighted by molar-refractivity contribution is 0.0912. The van der Waals surface area contributed by atoms with Gasteiger partial charge < -0.3 is 19.9 Å². The highest BCUT2D eigenvalue weighted by Crippen LogP contribution is 2.43. The maximum absolute atomic E-state index is 13.8. The van der Waals surface area contributed by atoms with E-state index in [0.717, 1.165) is 0 Å². The van der Waals surface area contributed by atoms with Crippen molar-refractivity contribution in [2.24, 2.45) is 0 Å². The van der Waals surface area contributed by atoms with E-state index in [1.54, 1.807) is 0 Å². The van der Waals surface area contributed by atoms with Crippen LogP contribution in [0.5, 0.6) is 11.5 Å². The number of fused-ring (bicyclic) bond motifs is 3. The largest absolute Gasteiger partial charge is 0.486 e. The summed E-state index contributed by atoms with van der Waals surface area (Å²) in [6.45, 7) is 0.242. The van der Waals surface area contributed by atoms with Gasteiger partial charge in [0.2, 0.25) is 0 Å². The van der Waals surface area contributed by atoms with Crippen LogP contribution in [-0.2, 0) is 0 Å². The summed E-state index contributed by atoms with van der Waals surface area (Å²) >= 11 is 4.44. The molecule has 0 fully saturated rings. The summed E-state index contributed by atoms with van der Waals surface area (Å²) in [6, 6.07) is 1.23. The third-order valence-electron chi connectivity index (χ3n) is 2.71. The Morgan fingerprint density at radius 1 is 1.70 bits per heavy atom. The van der Waals surface area contributed by atoms with E-state index in [0.29, 0.717) is 20.1 Å². The molecule has 2 N–H and O–H groups in total. The van der Waals surface area contributed by atoms with Gasteiger partial charge in [0, 0.05) is 6.07 Å². The van der Waals surface area contributed by atoms with E-state index in [1.807, 2.05) is 0 Å². The highest BCUT2D eigenvalue weighted by Gasteiger charge is 2.27. The number of amides is 1. The fourth-order valence-electron chi connectivity index (χ4n) is 1.87. The van der Waals surface area contributed by atoms with E-state index in [-0.39, 0.29) is 18.7 Å². The van der Waals surface area contributed by atoms with Crippen molar-refractivity contribution in [1.29, 1.82) is 0 Å². The Morgan fingerprint density at radius 3 is 3.25 bits per heavy atom. The first kappa shape index (κ1) is 13.4. The molecule has 0 saturated heterocycles. The first-order valence-corrected chi connectivity index (χ1v) is 7.20. The Bertz CT molecular complexity index is 693. The molecule has 0 radical (unpaired) electrons. The Morgan fingerprint density at radius 2 is 2.50 bits per heavy atom. The van der Waals surface area contributed by atoms with Crippen molar-refractivity contribution in [2.75, 3.05) is 13.2 Å². The zero-order valence-electron chi connectivity index (χ0n) is 9.85. The topological polar surface area (TPSA) is 80.7 Å². The number of ether oxygens (including phenoxy) is 2. The molecule has 1 unspecified atom stereocenters. The van der Waals surface area contributed by atoms with E-state index >= 15 is 0 Å². The molecule has 1 amide bonds. The Kier molecular flexibility index (Phi) is 3.38. The van der Waals surface area contributed by atoms with Gasteiger partial charge in [0.15, 0.2) is 27.3 Å². The first-order chi connectivity index (χ1) is 9.54. The van der Waals surface area contributed by atoms with Gasteiger partial charge in [-0.2, -0.15) is 0 Å². The van der Waals surface area contributed by atoms with E-state index < -0.39 is 18.0 Å². The van der Waals surface area contributed by atoms with Crippen molar-refractivity contribution in [3.8, 4) is 11.5 Å². The molecule has 1 aromatic heterocycles. The summed E-state index contributed by atoms with van der Waals surface area (Å²) in [5.74, 6) is 0.220. The van der Waals surface area contributed by atoms with Crippen LogP contribution >= 0.6 is 27.3 Å². The van der Waals surface area contributed by atoms with E-state index in [1.165, 1.54) is 17.4 Å². The number of benzene rings is 1. The number of carbonyl (C=O) groups is 1. The Balaban J connectivity index is 1.95. The predicted octanol–water partition coefficient (Wildman–Crippen LogP) is 2.61. The number of hydrogen-bond donors (Lipinski definition) is 2. The van der Waals surface area contributed by atoms with Gasteiger partial charge in [0.05, 0.1) is 6.54 Å². The minimum absolute atomic E-state index is 0.0909. The smallest absolute Gasteiger partial charge is 0.404 e. The van der Waals surface area contributed by atoms with Crippen LogP contribution in [0.3, 0.4) is 0 Å². The molecule has 0 spiro atoms. The second-order valence-electron chi connectivity index (χ2n) is 4.07. The van der Waals surface area contributed by atoms with Gasteiger partial charge in [-0.15, -0.1) is 11.3 Å². The summed E-state index contributed by atoms with van der Waals surface area (Å²) in [4.78, 5) is 14.5. The van der Waals surface area contributed by atoms with Crippen molar-refractivity contribution >= 4 is 43.6 Å². The Labute approximate surface area is 124 Å². The lowest BCUT2D eigenvalue weighted by Crippen LogP contribution is -2.40. The summed E-state index contributed by atoms with van der Waals surface area (Å²) in [5, 5.41) is 10.8. The molecule has 9 heteroatoms. The van der Waals surface area contributed by atoms with Gasteiger partial charge in [0.1, 0.15) is 16.8 Å². The quantitative estimate of drug-likeness (QED) is 0.858. The number of nitrogens with one attached hydrogen (secondary N) is 1. The number of rotatable bonds is 2. The molecule has 2 heterocycles. The number of nitrogens with zero attached hydrogens (tertiary/aromatic N) is 1. The molecular weight excluding hydrogens is 355 g/mol. The number of aromatic nitrogens is 1. The number of carboxylic acid groups (broad SMARTS) is 1. The van der Waals surface area contributed by atoms with Gasteiger partial charge in [-0.1, -0.05) is 0 Å². The molecule has 106 valence electrons. The monoisotopic (exact) mass is 362 g/mol. The lowest BCUT2D eigenvalue weighted by atomic mass is 10.2. The predicted molar refractivity (Wildman–Crippen MR) is 73.2 cm³/mol. The molecule has 0 aliphatic carbocycles. The molecule has 2 aromatic rings. The van der Waals surface area contributed by atoms with E-state index in [2.05, 4.69) is 26.2 Å². The van der Waals surface area contributed by atoms with Gasteiger partial charge in [-0.3, -0.25) is 0 Å². The number of halogens is 2. The molecule has 3 rings (SSSR count).